The molecule has 0 radical (unpaired) electrons. The molecule has 0 amide bonds. The van der Waals surface area contributed by atoms with Crippen LogP contribution in [0.3, 0.4) is 0 Å². The molecule has 1 fully saturated rings. The van der Waals surface area contributed by atoms with Gasteiger partial charge in [-0.3, -0.25) is 4.99 Å². The Morgan fingerprint density at radius 1 is 1.20 bits per heavy atom. The van der Waals surface area contributed by atoms with E-state index in [9.17, 15) is 8.42 Å². The highest BCUT2D eigenvalue weighted by Gasteiger charge is 2.27. The van der Waals surface area contributed by atoms with Gasteiger partial charge in [0.2, 0.25) is 5.96 Å². The summed E-state index contributed by atoms with van der Waals surface area (Å²) in [7, 11) is -1.99. The Morgan fingerprint density at radius 3 is 2.65 bits per heavy atom. The summed E-state index contributed by atoms with van der Waals surface area (Å²) in [6.07, 6.45) is 3.57. The second-order valence-corrected chi connectivity index (χ2v) is 6.68. The highest BCUT2D eigenvalue weighted by atomic mass is 32.2. The Kier molecular flexibility index (Phi) is 3.29. The molecule has 0 bridgehead atoms. The maximum absolute atomic E-state index is 12.2. The molecule has 2 heterocycles. The lowest BCUT2D eigenvalue weighted by atomic mass is 10.1. The minimum Gasteiger partial charge on any atom is -0.371 e. The van der Waals surface area contributed by atoms with E-state index in [1.807, 2.05) is 12.1 Å². The van der Waals surface area contributed by atoms with Crippen LogP contribution in [-0.2, 0) is 10.0 Å². The Bertz CT molecular complexity index is 648. The molecule has 0 unspecified atom stereocenters. The van der Waals surface area contributed by atoms with Crippen LogP contribution in [0.25, 0.3) is 0 Å². The molecule has 1 aromatic rings. The fourth-order valence-electron chi connectivity index (χ4n) is 2.62. The number of anilines is 2. The lowest BCUT2D eigenvalue weighted by Crippen LogP contribution is -2.40. The second-order valence-electron chi connectivity index (χ2n) is 5.03. The van der Waals surface area contributed by atoms with Gasteiger partial charge in [-0.2, -0.15) is 0 Å². The number of nitrogens with zero attached hydrogens (tertiary/aromatic N) is 2. The van der Waals surface area contributed by atoms with Crippen molar-refractivity contribution >= 4 is 27.4 Å². The van der Waals surface area contributed by atoms with E-state index in [0.717, 1.165) is 31.6 Å². The third kappa shape index (κ3) is 2.33. The zero-order chi connectivity index (χ0) is 14.2. The van der Waals surface area contributed by atoms with Crippen LogP contribution >= 0.6 is 0 Å². The van der Waals surface area contributed by atoms with Crippen LogP contribution in [0, 0.1) is 0 Å². The van der Waals surface area contributed by atoms with E-state index in [1.54, 1.807) is 6.07 Å². The summed E-state index contributed by atoms with van der Waals surface area (Å²) in [5, 5.41) is 2.97. The number of sulfonamides is 1. The van der Waals surface area contributed by atoms with Crippen LogP contribution in [0.15, 0.2) is 28.1 Å². The van der Waals surface area contributed by atoms with Gasteiger partial charge in [0.25, 0.3) is 10.0 Å². The number of nitrogens with one attached hydrogen (secondary N) is 2. The Morgan fingerprint density at radius 2 is 1.95 bits per heavy atom. The fourth-order valence-corrected chi connectivity index (χ4v) is 3.81. The summed E-state index contributed by atoms with van der Waals surface area (Å²) in [4.78, 5) is 6.38. The van der Waals surface area contributed by atoms with Gasteiger partial charge in [0.1, 0.15) is 4.90 Å². The third-order valence-corrected chi connectivity index (χ3v) is 5.06. The standard InChI is InChI=1S/C13H18N4O2S/c1-14-13-15-11-6-5-10(17-7-3-2-4-8-17)9-12(11)20(18,19)16-13/h5-6,9H,2-4,7-8H2,1H3,(H2,14,15,16). The van der Waals surface area contributed by atoms with Crippen molar-refractivity contribution in [2.24, 2.45) is 4.99 Å². The van der Waals surface area contributed by atoms with Crippen molar-refractivity contribution in [3.63, 3.8) is 0 Å². The molecule has 1 saturated heterocycles. The van der Waals surface area contributed by atoms with Gasteiger partial charge in [0.05, 0.1) is 5.69 Å². The highest BCUT2D eigenvalue weighted by Crippen LogP contribution is 2.30. The molecule has 7 heteroatoms. The van der Waals surface area contributed by atoms with E-state index in [2.05, 4.69) is 19.9 Å². The van der Waals surface area contributed by atoms with Crippen LogP contribution < -0.4 is 14.9 Å². The quantitative estimate of drug-likeness (QED) is 0.820. The molecule has 0 aromatic heterocycles. The summed E-state index contributed by atoms with van der Waals surface area (Å²) in [5.41, 5.74) is 1.54. The van der Waals surface area contributed by atoms with Crippen molar-refractivity contribution < 1.29 is 8.42 Å². The number of hydrogen-bond donors (Lipinski definition) is 2. The molecular weight excluding hydrogens is 276 g/mol. The molecule has 1 aromatic carbocycles. The van der Waals surface area contributed by atoms with E-state index in [1.165, 1.54) is 13.5 Å². The molecule has 0 aliphatic carbocycles. The SMILES string of the molecule is CN=C1Nc2ccc(N3CCCCC3)cc2S(=O)(=O)N1. The van der Waals surface area contributed by atoms with Gasteiger partial charge in [-0.05, 0) is 37.5 Å². The van der Waals surface area contributed by atoms with Crippen LogP contribution in [0.1, 0.15) is 19.3 Å². The van der Waals surface area contributed by atoms with Crippen molar-refractivity contribution in [2.75, 3.05) is 30.4 Å². The number of hydrogen-bond acceptors (Lipinski definition) is 4. The Balaban J connectivity index is 2.00. The number of aliphatic imine (C=N–C) groups is 1. The van der Waals surface area contributed by atoms with Crippen LogP contribution in [0.2, 0.25) is 0 Å². The summed E-state index contributed by atoms with van der Waals surface area (Å²) in [6.45, 7) is 1.97. The van der Waals surface area contributed by atoms with Crippen molar-refractivity contribution in [1.29, 1.82) is 0 Å². The molecule has 0 atom stereocenters. The van der Waals surface area contributed by atoms with E-state index in [4.69, 9.17) is 0 Å². The predicted molar refractivity (Wildman–Crippen MR) is 79.8 cm³/mol. The van der Waals surface area contributed by atoms with Gasteiger partial charge in [0.15, 0.2) is 0 Å². The number of fused-ring (bicyclic) bond motifs is 1. The summed E-state index contributed by atoms with van der Waals surface area (Å²) < 4.78 is 26.9. The largest absolute Gasteiger partial charge is 0.371 e. The maximum Gasteiger partial charge on any atom is 0.266 e. The lowest BCUT2D eigenvalue weighted by Gasteiger charge is -2.30. The first-order valence-electron chi connectivity index (χ1n) is 6.76. The second kappa shape index (κ2) is 4.97. The van der Waals surface area contributed by atoms with E-state index >= 15 is 0 Å². The van der Waals surface area contributed by atoms with Gasteiger partial charge < -0.3 is 10.2 Å². The minimum atomic E-state index is -3.53. The van der Waals surface area contributed by atoms with Crippen LogP contribution in [0.5, 0.6) is 0 Å². The van der Waals surface area contributed by atoms with Crippen LogP contribution in [-0.4, -0.2) is 34.5 Å². The maximum atomic E-state index is 12.2. The molecule has 0 saturated carbocycles. The smallest absolute Gasteiger partial charge is 0.266 e. The van der Waals surface area contributed by atoms with Crippen molar-refractivity contribution in [2.45, 2.75) is 24.2 Å². The first-order chi connectivity index (χ1) is 9.60. The first kappa shape index (κ1) is 13.2. The molecule has 108 valence electrons. The summed E-state index contributed by atoms with van der Waals surface area (Å²) in [5.74, 6) is 0.253. The molecule has 20 heavy (non-hydrogen) atoms. The van der Waals surface area contributed by atoms with E-state index in [0.29, 0.717) is 5.69 Å². The molecule has 3 rings (SSSR count). The zero-order valence-electron chi connectivity index (χ0n) is 11.4. The molecule has 2 aliphatic heterocycles. The van der Waals surface area contributed by atoms with Gasteiger partial charge in [-0.15, -0.1) is 0 Å². The van der Waals surface area contributed by atoms with Gasteiger partial charge >= 0.3 is 0 Å². The minimum absolute atomic E-state index is 0.253. The Hall–Kier alpha value is -1.76. The summed E-state index contributed by atoms with van der Waals surface area (Å²) >= 11 is 0. The first-order valence-corrected chi connectivity index (χ1v) is 8.24. The zero-order valence-corrected chi connectivity index (χ0v) is 12.2. The van der Waals surface area contributed by atoms with Crippen LogP contribution in [0.4, 0.5) is 11.4 Å². The van der Waals surface area contributed by atoms with Gasteiger partial charge in [-0.25, -0.2) is 13.1 Å². The van der Waals surface area contributed by atoms with E-state index in [-0.39, 0.29) is 10.9 Å². The van der Waals surface area contributed by atoms with Gasteiger partial charge in [-0.1, -0.05) is 0 Å². The lowest BCUT2D eigenvalue weighted by molar-refractivity contribution is 0.576. The van der Waals surface area contributed by atoms with Crippen molar-refractivity contribution in [3.05, 3.63) is 18.2 Å². The van der Waals surface area contributed by atoms with Gasteiger partial charge in [0, 0.05) is 25.8 Å². The average molecular weight is 294 g/mol. The fraction of sp³-hybridized carbons (Fsp3) is 0.462. The van der Waals surface area contributed by atoms with E-state index < -0.39 is 10.0 Å². The number of benzene rings is 1. The Labute approximate surface area is 118 Å². The number of guanidine groups is 1. The average Bonchev–Trinajstić information content (AvgIpc) is 2.47. The molecule has 2 N–H and O–H groups in total. The van der Waals surface area contributed by atoms with Crippen molar-refractivity contribution in [1.82, 2.24) is 4.72 Å². The highest BCUT2D eigenvalue weighted by molar-refractivity contribution is 7.90. The monoisotopic (exact) mass is 294 g/mol. The third-order valence-electron chi connectivity index (χ3n) is 3.68. The molecule has 0 spiro atoms. The summed E-state index contributed by atoms with van der Waals surface area (Å²) in [6, 6.07) is 5.51. The number of rotatable bonds is 1. The topological polar surface area (TPSA) is 73.8 Å². The van der Waals surface area contributed by atoms with Crippen molar-refractivity contribution in [3.8, 4) is 0 Å². The predicted octanol–water partition coefficient (Wildman–Crippen LogP) is 1.37. The molecule has 6 nitrogen and oxygen atoms in total. The molecule has 2 aliphatic rings. The normalized spacial score (nSPS) is 22.9. The molecular formula is C13H18N4O2S. The number of piperidine rings is 1.